The van der Waals surface area contributed by atoms with Crippen molar-refractivity contribution in [1.29, 1.82) is 0 Å². The first kappa shape index (κ1) is 25.1. The number of nitrogens with zero attached hydrogens (tertiary/aromatic N) is 3. The maximum Gasteiger partial charge on any atom is 0.253 e. The molecule has 32 heavy (non-hydrogen) atoms. The highest BCUT2D eigenvalue weighted by Crippen LogP contribution is 2.23. The summed E-state index contributed by atoms with van der Waals surface area (Å²) < 4.78 is 0. The number of amides is 1. The molecule has 0 radical (unpaired) electrons. The summed E-state index contributed by atoms with van der Waals surface area (Å²) in [6, 6.07) is 8.16. The van der Waals surface area contributed by atoms with Crippen molar-refractivity contribution in [3.05, 3.63) is 76.0 Å². The van der Waals surface area contributed by atoms with Crippen LogP contribution in [-0.2, 0) is 17.8 Å². The highest BCUT2D eigenvalue weighted by molar-refractivity contribution is 5.95. The average molecular weight is 433 g/mol. The molecule has 5 nitrogen and oxygen atoms in total. The quantitative estimate of drug-likeness (QED) is 0.326. The number of anilines is 1. The number of nitrogen functional groups attached to an aromatic ring is 1. The van der Waals surface area contributed by atoms with E-state index in [9.17, 15) is 4.79 Å². The van der Waals surface area contributed by atoms with Gasteiger partial charge in [-0.1, -0.05) is 37.3 Å². The Bertz CT molecular complexity index is 1060. The summed E-state index contributed by atoms with van der Waals surface area (Å²) in [6.07, 6.45) is 3.58. The van der Waals surface area contributed by atoms with Crippen LogP contribution in [0.25, 0.3) is 0 Å². The first-order valence-corrected chi connectivity index (χ1v) is 11.0. The second-order valence-electron chi connectivity index (χ2n) is 8.60. The maximum absolute atomic E-state index is 12.9. The number of carbonyl (C=O) groups excluding carboxylic acids is 1. The summed E-state index contributed by atoms with van der Waals surface area (Å²) in [4.78, 5) is 23.5. The van der Waals surface area contributed by atoms with E-state index in [0.717, 1.165) is 52.2 Å². The van der Waals surface area contributed by atoms with Crippen molar-refractivity contribution in [3.8, 4) is 0 Å². The van der Waals surface area contributed by atoms with E-state index in [-0.39, 0.29) is 5.91 Å². The van der Waals surface area contributed by atoms with E-state index in [0.29, 0.717) is 17.9 Å². The van der Waals surface area contributed by atoms with Crippen molar-refractivity contribution in [3.63, 3.8) is 0 Å². The van der Waals surface area contributed by atoms with E-state index in [4.69, 9.17) is 5.73 Å². The van der Waals surface area contributed by atoms with Crippen LogP contribution < -0.4 is 5.73 Å². The predicted molar refractivity (Wildman–Crippen MR) is 135 cm³/mol. The van der Waals surface area contributed by atoms with Crippen molar-refractivity contribution < 1.29 is 4.79 Å². The second-order valence-corrected chi connectivity index (χ2v) is 8.60. The zero-order valence-electron chi connectivity index (χ0n) is 20.5. The summed E-state index contributed by atoms with van der Waals surface area (Å²) in [5.74, 6) is 0.396. The SMILES string of the molecule is C=C(/C=C(\C)Cc1ccc(N=C(C)CC)c(C)c1)C(=O)N(C)Cc1c(C)cc(N)nc1C. The number of allylic oxidation sites excluding steroid dienone is 1. The van der Waals surface area contributed by atoms with Crippen LogP contribution in [0.15, 0.2) is 53.1 Å². The summed E-state index contributed by atoms with van der Waals surface area (Å²) in [5.41, 5.74) is 14.7. The number of hydrogen-bond acceptors (Lipinski definition) is 4. The summed E-state index contributed by atoms with van der Waals surface area (Å²) in [6.45, 7) is 16.6. The molecule has 0 spiro atoms. The fourth-order valence-electron chi connectivity index (χ4n) is 3.65. The molecule has 0 aliphatic heterocycles. The van der Waals surface area contributed by atoms with E-state index < -0.39 is 0 Å². The van der Waals surface area contributed by atoms with Crippen LogP contribution in [0.3, 0.4) is 0 Å². The Morgan fingerprint density at radius 2 is 1.88 bits per heavy atom. The van der Waals surface area contributed by atoms with Crippen molar-refractivity contribution in [2.45, 2.75) is 60.9 Å². The first-order chi connectivity index (χ1) is 15.0. The number of likely N-dealkylation sites (N-methyl/N-ethyl adjacent to an activating group) is 1. The number of aromatic nitrogens is 1. The number of pyridine rings is 1. The van der Waals surface area contributed by atoms with Gasteiger partial charge in [-0.05, 0) is 81.8 Å². The molecule has 2 N–H and O–H groups in total. The number of rotatable bonds is 8. The van der Waals surface area contributed by atoms with E-state index >= 15 is 0 Å². The third-order valence-corrected chi connectivity index (χ3v) is 5.58. The van der Waals surface area contributed by atoms with Gasteiger partial charge >= 0.3 is 0 Å². The summed E-state index contributed by atoms with van der Waals surface area (Å²) in [7, 11) is 1.78. The third-order valence-electron chi connectivity index (χ3n) is 5.58. The molecule has 0 unspecified atom stereocenters. The minimum atomic E-state index is -0.101. The maximum atomic E-state index is 12.9. The van der Waals surface area contributed by atoms with Gasteiger partial charge < -0.3 is 10.6 Å². The third kappa shape index (κ3) is 6.64. The number of hydrogen-bond donors (Lipinski definition) is 1. The topological polar surface area (TPSA) is 71.6 Å². The molecule has 0 fully saturated rings. The highest BCUT2D eigenvalue weighted by atomic mass is 16.2. The lowest BCUT2D eigenvalue weighted by Crippen LogP contribution is -2.27. The molecule has 1 aromatic heterocycles. The molecule has 1 heterocycles. The lowest BCUT2D eigenvalue weighted by Gasteiger charge is -2.20. The van der Waals surface area contributed by atoms with Crippen molar-refractivity contribution in [2.24, 2.45) is 4.99 Å². The van der Waals surface area contributed by atoms with E-state index in [2.05, 4.69) is 48.6 Å². The smallest absolute Gasteiger partial charge is 0.253 e. The van der Waals surface area contributed by atoms with Gasteiger partial charge in [0.25, 0.3) is 5.91 Å². The van der Waals surface area contributed by atoms with Gasteiger partial charge in [-0.2, -0.15) is 0 Å². The van der Waals surface area contributed by atoms with E-state index in [1.807, 2.05) is 39.8 Å². The Morgan fingerprint density at radius 1 is 1.19 bits per heavy atom. The molecule has 0 aliphatic rings. The monoisotopic (exact) mass is 432 g/mol. The van der Waals surface area contributed by atoms with Crippen molar-refractivity contribution in [1.82, 2.24) is 9.88 Å². The number of aliphatic imine (C=N–C) groups is 1. The molecule has 170 valence electrons. The molecule has 5 heteroatoms. The molecule has 0 atom stereocenters. The zero-order chi connectivity index (χ0) is 24.0. The van der Waals surface area contributed by atoms with Gasteiger partial charge in [0.1, 0.15) is 5.82 Å². The largest absolute Gasteiger partial charge is 0.384 e. The van der Waals surface area contributed by atoms with Gasteiger partial charge in [0, 0.05) is 30.6 Å². The van der Waals surface area contributed by atoms with Crippen LogP contribution in [0.4, 0.5) is 11.5 Å². The molecular weight excluding hydrogens is 396 g/mol. The minimum absolute atomic E-state index is 0.101. The normalized spacial score (nSPS) is 12.1. The molecule has 1 aromatic carbocycles. The lowest BCUT2D eigenvalue weighted by atomic mass is 10.0. The first-order valence-electron chi connectivity index (χ1n) is 11.0. The number of nitrogens with two attached hydrogens (primary N) is 1. The molecule has 0 bridgehead atoms. The van der Waals surface area contributed by atoms with E-state index in [1.165, 1.54) is 5.56 Å². The summed E-state index contributed by atoms with van der Waals surface area (Å²) in [5, 5.41) is 0. The fourth-order valence-corrected chi connectivity index (χ4v) is 3.65. The van der Waals surface area contributed by atoms with Crippen LogP contribution in [0.2, 0.25) is 0 Å². The molecular formula is C27H36N4O. The predicted octanol–water partition coefficient (Wildman–Crippen LogP) is 5.80. The van der Waals surface area contributed by atoms with Gasteiger partial charge in [-0.15, -0.1) is 0 Å². The Hall–Kier alpha value is -3.21. The summed E-state index contributed by atoms with van der Waals surface area (Å²) >= 11 is 0. The van der Waals surface area contributed by atoms with E-state index in [1.54, 1.807) is 11.9 Å². The molecule has 2 rings (SSSR count). The van der Waals surface area contributed by atoms with Crippen molar-refractivity contribution in [2.75, 3.05) is 12.8 Å². The van der Waals surface area contributed by atoms with Gasteiger partial charge in [0.15, 0.2) is 0 Å². The van der Waals surface area contributed by atoms with Crippen LogP contribution >= 0.6 is 0 Å². The standard InChI is InChI=1S/C27H36N4O/c1-9-21(6)29-25-11-10-23(14-19(25)4)13-17(2)12-20(5)27(32)31(8)16-24-18(3)15-26(28)30-22(24)7/h10-12,14-15H,5,9,13,16H2,1-4,6-8H3,(H2,28,30)/b17-12+,29-21?. The Labute approximate surface area is 192 Å². The number of aryl methyl sites for hydroxylation is 3. The van der Waals surface area contributed by atoms with Crippen LogP contribution in [0.5, 0.6) is 0 Å². The van der Waals surface area contributed by atoms with Gasteiger partial charge in [0.05, 0.1) is 5.69 Å². The van der Waals surface area contributed by atoms with Crippen molar-refractivity contribution >= 4 is 23.1 Å². The Kier molecular flexibility index (Phi) is 8.53. The molecule has 0 saturated heterocycles. The lowest BCUT2D eigenvalue weighted by molar-refractivity contribution is -0.126. The molecule has 0 saturated carbocycles. The Balaban J connectivity index is 2.07. The highest BCUT2D eigenvalue weighted by Gasteiger charge is 2.15. The van der Waals surface area contributed by atoms with Crippen LogP contribution in [-0.4, -0.2) is 28.6 Å². The van der Waals surface area contributed by atoms with Crippen LogP contribution in [0, 0.1) is 20.8 Å². The Morgan fingerprint density at radius 3 is 2.47 bits per heavy atom. The molecule has 0 aliphatic carbocycles. The average Bonchev–Trinajstić information content (AvgIpc) is 2.71. The molecule has 2 aromatic rings. The number of benzene rings is 1. The van der Waals surface area contributed by atoms with Crippen LogP contribution in [0.1, 0.15) is 55.1 Å². The minimum Gasteiger partial charge on any atom is -0.384 e. The second kappa shape index (κ2) is 10.9. The van der Waals surface area contributed by atoms with Gasteiger partial charge in [-0.25, -0.2) is 4.98 Å². The molecule has 1 amide bonds. The van der Waals surface area contributed by atoms with Gasteiger partial charge in [0.2, 0.25) is 0 Å². The number of carbonyl (C=O) groups is 1. The zero-order valence-corrected chi connectivity index (χ0v) is 20.5. The van der Waals surface area contributed by atoms with Gasteiger partial charge in [-0.3, -0.25) is 9.79 Å². The fraction of sp³-hybridized carbons (Fsp3) is 0.370.